The Morgan fingerprint density at radius 3 is 1.45 bits per heavy atom. The lowest BCUT2D eigenvalue weighted by Crippen LogP contribution is -2.15. The molecule has 1 heterocycles. The summed E-state index contributed by atoms with van der Waals surface area (Å²) in [6.45, 7) is 4.81. The second-order valence-electron chi connectivity index (χ2n) is 15.9. The van der Waals surface area contributed by atoms with Gasteiger partial charge in [0.25, 0.3) is 0 Å². The van der Waals surface area contributed by atoms with Crippen LogP contribution >= 0.6 is 0 Å². The highest BCUT2D eigenvalue weighted by Gasteiger charge is 2.38. The highest BCUT2D eigenvalue weighted by molar-refractivity contribution is 6.23. The first-order chi connectivity index (χ1) is 27.6. The van der Waals surface area contributed by atoms with Gasteiger partial charge in [0.2, 0.25) is 0 Å². The molecule has 0 saturated heterocycles. The van der Waals surface area contributed by atoms with E-state index >= 15 is 0 Å². The van der Waals surface area contributed by atoms with Crippen molar-refractivity contribution in [2.24, 2.45) is 0 Å². The Bertz CT molecular complexity index is 3370. The lowest BCUT2D eigenvalue weighted by Gasteiger charge is -2.24. The van der Waals surface area contributed by atoms with Crippen molar-refractivity contribution >= 4 is 65.0 Å². The minimum absolute atomic E-state index is 0.136. The van der Waals surface area contributed by atoms with Gasteiger partial charge < -0.3 is 4.42 Å². The maximum atomic E-state index is 6.42. The first-order valence-electron chi connectivity index (χ1n) is 19.6. The molecule has 1 aromatic heterocycles. The van der Waals surface area contributed by atoms with E-state index in [2.05, 4.69) is 184 Å². The highest BCUT2D eigenvalue weighted by Crippen LogP contribution is 2.56. The smallest absolute Gasteiger partial charge is 0.143 e. The Morgan fingerprint density at radius 1 is 0.339 bits per heavy atom. The number of fused-ring (bicyclic) bond motifs is 13. The zero-order valence-corrected chi connectivity index (χ0v) is 31.2. The second kappa shape index (κ2) is 11.5. The number of benzene rings is 10. The number of hydrogen-bond acceptors (Lipinski definition) is 1. The first-order valence-corrected chi connectivity index (χ1v) is 19.6. The van der Waals surface area contributed by atoms with E-state index in [9.17, 15) is 0 Å². The van der Waals surface area contributed by atoms with Gasteiger partial charge in [-0.3, -0.25) is 0 Å². The fourth-order valence-electron chi connectivity index (χ4n) is 10.2. The van der Waals surface area contributed by atoms with Crippen molar-refractivity contribution in [2.45, 2.75) is 19.3 Å². The summed E-state index contributed by atoms with van der Waals surface area (Å²) in [6, 6.07) is 67.0. The van der Waals surface area contributed by atoms with Gasteiger partial charge in [0.1, 0.15) is 11.2 Å². The summed E-state index contributed by atoms with van der Waals surface area (Å²) < 4.78 is 6.42. The number of rotatable bonds is 3. The van der Waals surface area contributed by atoms with Crippen molar-refractivity contribution in [1.82, 2.24) is 0 Å². The zero-order chi connectivity index (χ0) is 37.1. The Hall–Kier alpha value is -6.96. The van der Waals surface area contributed by atoms with E-state index in [0.717, 1.165) is 33.1 Å². The molecule has 0 bridgehead atoms. The molecule has 0 unspecified atom stereocenters. The van der Waals surface area contributed by atoms with Gasteiger partial charge in [0.15, 0.2) is 0 Å². The fourth-order valence-corrected chi connectivity index (χ4v) is 10.2. The third-order valence-corrected chi connectivity index (χ3v) is 12.6. The Labute approximate surface area is 325 Å². The molecule has 1 aliphatic carbocycles. The van der Waals surface area contributed by atoms with Crippen LogP contribution in [-0.2, 0) is 5.41 Å². The highest BCUT2D eigenvalue weighted by atomic mass is 16.3. The van der Waals surface area contributed by atoms with E-state index in [1.807, 2.05) is 12.1 Å². The van der Waals surface area contributed by atoms with E-state index in [1.165, 1.54) is 87.6 Å². The van der Waals surface area contributed by atoms with Gasteiger partial charge in [0.05, 0.1) is 0 Å². The Balaban J connectivity index is 1.06. The molecular weight excluding hydrogens is 677 g/mol. The molecular formula is C55H36O. The van der Waals surface area contributed by atoms with Crippen molar-refractivity contribution in [3.63, 3.8) is 0 Å². The van der Waals surface area contributed by atoms with Crippen LogP contribution < -0.4 is 0 Å². The van der Waals surface area contributed by atoms with Crippen LogP contribution in [0.5, 0.6) is 0 Å². The van der Waals surface area contributed by atoms with Gasteiger partial charge in [-0.25, -0.2) is 0 Å². The van der Waals surface area contributed by atoms with E-state index in [1.54, 1.807) is 0 Å². The maximum absolute atomic E-state index is 6.42. The summed E-state index contributed by atoms with van der Waals surface area (Å²) in [5.41, 5.74) is 14.5. The quantitative estimate of drug-likeness (QED) is 0.131. The van der Waals surface area contributed by atoms with Crippen LogP contribution in [0.25, 0.3) is 110 Å². The van der Waals surface area contributed by atoms with Crippen LogP contribution in [0.4, 0.5) is 0 Å². The monoisotopic (exact) mass is 712 g/mol. The summed E-state index contributed by atoms with van der Waals surface area (Å²) in [6.07, 6.45) is 0. The minimum Gasteiger partial charge on any atom is -0.455 e. The fraction of sp³-hybridized carbons (Fsp3) is 0.0545. The molecule has 0 fully saturated rings. The second-order valence-corrected chi connectivity index (χ2v) is 15.9. The van der Waals surface area contributed by atoms with Gasteiger partial charge in [-0.05, 0) is 105 Å². The topological polar surface area (TPSA) is 13.1 Å². The van der Waals surface area contributed by atoms with Crippen molar-refractivity contribution in [3.05, 3.63) is 193 Å². The Kier molecular flexibility index (Phi) is 6.46. The molecule has 1 nitrogen and oxygen atoms in total. The van der Waals surface area contributed by atoms with Gasteiger partial charge >= 0.3 is 0 Å². The summed E-state index contributed by atoms with van der Waals surface area (Å²) in [7, 11) is 0. The molecule has 1 aliphatic rings. The van der Waals surface area contributed by atoms with E-state index in [4.69, 9.17) is 4.42 Å². The third-order valence-electron chi connectivity index (χ3n) is 12.6. The van der Waals surface area contributed by atoms with Crippen LogP contribution in [0.15, 0.2) is 186 Å². The molecule has 0 radical (unpaired) electrons. The molecule has 10 aromatic carbocycles. The standard InChI is InChI=1S/C55H36O/c1-55(2)48-31-30-35(32-47(48)52-40-17-5-3-14-37(40)38-15-4-10-22-45(38)53(52)55)51-43-20-8-6-18-41(43)50(42-19-7-9-21-44(42)51)34-28-26-33(27-29-34)36-23-13-24-46-39-16-11-12-25-49(39)56-54(36)46/h3-32H,1-2H3. The maximum Gasteiger partial charge on any atom is 0.143 e. The summed E-state index contributed by atoms with van der Waals surface area (Å²) >= 11 is 0. The van der Waals surface area contributed by atoms with Crippen LogP contribution in [0.3, 0.4) is 0 Å². The lowest BCUT2D eigenvalue weighted by atomic mass is 9.79. The minimum atomic E-state index is -0.136. The average Bonchev–Trinajstić information content (AvgIpc) is 3.75. The summed E-state index contributed by atoms with van der Waals surface area (Å²) in [5.74, 6) is 0. The molecule has 0 atom stereocenters. The molecule has 0 amide bonds. The van der Waals surface area contributed by atoms with Crippen molar-refractivity contribution in [3.8, 4) is 44.5 Å². The number of hydrogen-bond donors (Lipinski definition) is 0. The summed E-state index contributed by atoms with van der Waals surface area (Å²) in [5, 5.41) is 12.7. The lowest BCUT2D eigenvalue weighted by molar-refractivity contribution is 0.666. The van der Waals surface area contributed by atoms with Gasteiger partial charge in [-0.15, -0.1) is 0 Å². The molecule has 0 N–H and O–H groups in total. The average molecular weight is 713 g/mol. The van der Waals surface area contributed by atoms with E-state index in [-0.39, 0.29) is 5.41 Å². The van der Waals surface area contributed by atoms with E-state index < -0.39 is 0 Å². The van der Waals surface area contributed by atoms with Crippen LogP contribution in [0, 0.1) is 0 Å². The third kappa shape index (κ3) is 4.26. The summed E-state index contributed by atoms with van der Waals surface area (Å²) in [4.78, 5) is 0. The van der Waals surface area contributed by atoms with Crippen LogP contribution in [0.1, 0.15) is 25.0 Å². The first kappa shape index (κ1) is 31.4. The Morgan fingerprint density at radius 2 is 0.804 bits per heavy atom. The van der Waals surface area contributed by atoms with Gasteiger partial charge in [0, 0.05) is 21.8 Å². The number of furan rings is 1. The molecule has 0 spiro atoms. The molecule has 12 rings (SSSR count). The zero-order valence-electron chi connectivity index (χ0n) is 31.2. The molecule has 0 aliphatic heterocycles. The molecule has 0 saturated carbocycles. The molecule has 262 valence electrons. The predicted octanol–water partition coefficient (Wildman–Crippen LogP) is 15.5. The molecule has 56 heavy (non-hydrogen) atoms. The van der Waals surface area contributed by atoms with Crippen LogP contribution in [0.2, 0.25) is 0 Å². The SMILES string of the molecule is CC1(C)c2ccc(-c3c4ccccc4c(-c4ccc(-c5cccc6c5oc5ccccc56)cc4)c4ccccc34)cc2-c2c1c1ccccc1c1ccccc21. The van der Waals surface area contributed by atoms with Crippen LogP contribution in [-0.4, -0.2) is 0 Å². The van der Waals surface area contributed by atoms with E-state index in [0.29, 0.717) is 0 Å². The van der Waals surface area contributed by atoms with Gasteiger partial charge in [-0.2, -0.15) is 0 Å². The van der Waals surface area contributed by atoms with Crippen molar-refractivity contribution in [2.75, 3.05) is 0 Å². The molecule has 1 heteroatoms. The number of para-hydroxylation sites is 2. The normalized spacial score (nSPS) is 13.3. The van der Waals surface area contributed by atoms with Crippen molar-refractivity contribution in [1.29, 1.82) is 0 Å². The van der Waals surface area contributed by atoms with Crippen molar-refractivity contribution < 1.29 is 4.42 Å². The van der Waals surface area contributed by atoms with Gasteiger partial charge in [-0.1, -0.05) is 184 Å². The largest absolute Gasteiger partial charge is 0.455 e. The predicted molar refractivity (Wildman–Crippen MR) is 238 cm³/mol. The molecule has 11 aromatic rings.